The number of hydrogen-bond acceptors (Lipinski definition) is 8. The lowest BCUT2D eigenvalue weighted by atomic mass is 9.42. The summed E-state index contributed by atoms with van der Waals surface area (Å²) in [7, 11) is 0. The van der Waals surface area contributed by atoms with E-state index in [-0.39, 0.29) is 42.1 Å². The van der Waals surface area contributed by atoms with E-state index in [4.69, 9.17) is 18.9 Å². The standard InChI is InChI=1S/C41H52O8/c1-24-15-18-41(46-23-24)25(2)35-31(49-41)20-30-28-19-34(42)40(45)22-33(48-37(44)27-13-9-6-10-14-27)32(47-36(43)26-11-7-5-8-12-26)21-39(40,4)29(28)16-17-38(30,35)3/h5-14,24-25,28-35,42,45H,15-23H2,1-4H3/t24-,25+,28-,29+,30-,31-,32-,33+,34+,35-,38+,39-,40+,41-/m1/s1. The number of aliphatic hydroxyl groups is 2. The Morgan fingerprint density at radius 2 is 1.43 bits per heavy atom. The molecule has 8 nitrogen and oxygen atoms in total. The number of fused-ring (bicyclic) bond motifs is 7. The highest BCUT2D eigenvalue weighted by molar-refractivity contribution is 5.90. The Bertz CT molecular complexity index is 1560. The molecule has 6 aliphatic rings. The molecule has 264 valence electrons. The molecule has 4 aliphatic carbocycles. The van der Waals surface area contributed by atoms with Crippen LogP contribution < -0.4 is 0 Å². The Morgan fingerprint density at radius 3 is 2.02 bits per heavy atom. The van der Waals surface area contributed by atoms with Crippen molar-refractivity contribution in [2.45, 2.75) is 115 Å². The fraction of sp³-hybridized carbons (Fsp3) is 0.659. The molecule has 0 aromatic heterocycles. The van der Waals surface area contributed by atoms with E-state index in [1.807, 2.05) is 12.1 Å². The van der Waals surface area contributed by atoms with Crippen LogP contribution in [-0.4, -0.2) is 64.6 Å². The van der Waals surface area contributed by atoms with Crippen LogP contribution in [0.2, 0.25) is 0 Å². The monoisotopic (exact) mass is 672 g/mol. The normalized spacial score (nSPS) is 47.0. The molecule has 0 bridgehead atoms. The second-order valence-electron chi connectivity index (χ2n) is 17.0. The van der Waals surface area contributed by atoms with Gasteiger partial charge in [0, 0.05) is 24.2 Å². The summed E-state index contributed by atoms with van der Waals surface area (Å²) in [6.45, 7) is 9.85. The highest BCUT2D eigenvalue weighted by atomic mass is 16.7. The average Bonchev–Trinajstić information content (AvgIpc) is 3.54. The Morgan fingerprint density at radius 1 is 0.816 bits per heavy atom. The Hall–Kier alpha value is -2.78. The first-order chi connectivity index (χ1) is 23.4. The van der Waals surface area contributed by atoms with Gasteiger partial charge in [0.2, 0.25) is 0 Å². The first-order valence-electron chi connectivity index (χ1n) is 18.6. The van der Waals surface area contributed by atoms with Crippen LogP contribution in [0.25, 0.3) is 0 Å². The molecule has 0 radical (unpaired) electrons. The molecule has 2 aromatic rings. The van der Waals surface area contributed by atoms with E-state index in [1.165, 1.54) is 0 Å². The highest BCUT2D eigenvalue weighted by Crippen LogP contribution is 2.72. The maximum absolute atomic E-state index is 13.5. The molecule has 0 amide bonds. The zero-order chi connectivity index (χ0) is 34.3. The number of esters is 2. The van der Waals surface area contributed by atoms with E-state index in [2.05, 4.69) is 27.7 Å². The van der Waals surface area contributed by atoms with Crippen molar-refractivity contribution in [1.29, 1.82) is 0 Å². The molecule has 8 rings (SSSR count). The molecule has 2 aromatic carbocycles. The number of rotatable bonds is 4. The lowest BCUT2D eigenvalue weighted by molar-refractivity contribution is -0.286. The van der Waals surface area contributed by atoms with Gasteiger partial charge < -0.3 is 29.2 Å². The smallest absolute Gasteiger partial charge is 0.338 e. The minimum Gasteiger partial charge on any atom is -0.455 e. The molecule has 2 saturated heterocycles. The van der Waals surface area contributed by atoms with Crippen molar-refractivity contribution in [2.75, 3.05) is 6.61 Å². The molecule has 14 atom stereocenters. The van der Waals surface area contributed by atoms with Crippen molar-refractivity contribution in [3.8, 4) is 0 Å². The van der Waals surface area contributed by atoms with E-state index >= 15 is 0 Å². The van der Waals surface area contributed by atoms with Gasteiger partial charge in [-0.2, -0.15) is 0 Å². The fourth-order valence-electron chi connectivity index (χ4n) is 12.1. The van der Waals surface area contributed by atoms with Gasteiger partial charge in [0.1, 0.15) is 12.2 Å². The van der Waals surface area contributed by atoms with E-state index in [0.29, 0.717) is 35.3 Å². The molecule has 49 heavy (non-hydrogen) atoms. The zero-order valence-electron chi connectivity index (χ0n) is 29.3. The molecule has 2 heterocycles. The third kappa shape index (κ3) is 5.06. The molecule has 0 unspecified atom stereocenters. The van der Waals surface area contributed by atoms with Gasteiger partial charge in [0.05, 0.1) is 35.5 Å². The van der Waals surface area contributed by atoms with Crippen LogP contribution in [0.4, 0.5) is 0 Å². The number of carbonyl (C=O) groups is 2. The molecular formula is C41H52O8. The second kappa shape index (κ2) is 11.9. The number of ether oxygens (including phenoxy) is 4. The van der Waals surface area contributed by atoms with Gasteiger partial charge in [0.15, 0.2) is 5.79 Å². The highest BCUT2D eigenvalue weighted by Gasteiger charge is 2.73. The van der Waals surface area contributed by atoms with Gasteiger partial charge in [-0.05, 0) is 97.8 Å². The third-order valence-corrected chi connectivity index (χ3v) is 14.6. The van der Waals surface area contributed by atoms with Gasteiger partial charge in [-0.25, -0.2) is 9.59 Å². The molecule has 8 heteroatoms. The minimum absolute atomic E-state index is 0.00912. The first kappa shape index (κ1) is 33.4. The predicted molar refractivity (Wildman–Crippen MR) is 181 cm³/mol. The van der Waals surface area contributed by atoms with Crippen LogP contribution in [-0.2, 0) is 18.9 Å². The Labute approximate surface area is 289 Å². The molecule has 4 saturated carbocycles. The lowest BCUT2D eigenvalue weighted by Gasteiger charge is -2.66. The Balaban J connectivity index is 1.08. The van der Waals surface area contributed by atoms with Crippen molar-refractivity contribution in [1.82, 2.24) is 0 Å². The summed E-state index contributed by atoms with van der Waals surface area (Å²) < 4.78 is 25.7. The average molecular weight is 673 g/mol. The summed E-state index contributed by atoms with van der Waals surface area (Å²) in [5.74, 6) is 0.296. The largest absolute Gasteiger partial charge is 0.455 e. The lowest BCUT2D eigenvalue weighted by Crippen LogP contribution is -2.71. The third-order valence-electron chi connectivity index (χ3n) is 14.6. The quantitative estimate of drug-likeness (QED) is 0.351. The number of benzene rings is 2. The maximum atomic E-state index is 13.5. The van der Waals surface area contributed by atoms with E-state index in [0.717, 1.165) is 38.7 Å². The van der Waals surface area contributed by atoms with E-state index in [1.54, 1.807) is 48.5 Å². The molecule has 2 N–H and O–H groups in total. The minimum atomic E-state index is -1.52. The summed E-state index contributed by atoms with van der Waals surface area (Å²) in [5, 5.41) is 24.7. The maximum Gasteiger partial charge on any atom is 0.338 e. The van der Waals surface area contributed by atoms with Crippen molar-refractivity contribution in [3.05, 3.63) is 71.8 Å². The van der Waals surface area contributed by atoms with Gasteiger partial charge >= 0.3 is 11.9 Å². The zero-order valence-corrected chi connectivity index (χ0v) is 29.3. The van der Waals surface area contributed by atoms with Gasteiger partial charge in [-0.1, -0.05) is 64.1 Å². The van der Waals surface area contributed by atoms with Crippen LogP contribution in [0, 0.1) is 46.3 Å². The predicted octanol–water partition coefficient (Wildman–Crippen LogP) is 6.58. The van der Waals surface area contributed by atoms with Crippen LogP contribution in [0.15, 0.2) is 60.7 Å². The van der Waals surface area contributed by atoms with Crippen LogP contribution in [0.3, 0.4) is 0 Å². The van der Waals surface area contributed by atoms with Crippen LogP contribution in [0.1, 0.15) is 99.8 Å². The Kier molecular flexibility index (Phi) is 8.10. The van der Waals surface area contributed by atoms with E-state index < -0.39 is 47.1 Å². The van der Waals surface area contributed by atoms with Gasteiger partial charge in [-0.15, -0.1) is 0 Å². The molecular weight excluding hydrogens is 620 g/mol. The summed E-state index contributed by atoms with van der Waals surface area (Å²) in [4.78, 5) is 26.8. The summed E-state index contributed by atoms with van der Waals surface area (Å²) in [6, 6.07) is 17.5. The summed E-state index contributed by atoms with van der Waals surface area (Å²) in [6.07, 6.45) is 3.05. The molecule has 1 spiro atoms. The number of aliphatic hydroxyl groups excluding tert-OH is 1. The molecule has 6 fully saturated rings. The van der Waals surface area contributed by atoms with Crippen molar-refractivity contribution < 1.29 is 38.7 Å². The van der Waals surface area contributed by atoms with E-state index in [9.17, 15) is 19.8 Å². The second-order valence-corrected chi connectivity index (χ2v) is 17.0. The topological polar surface area (TPSA) is 112 Å². The van der Waals surface area contributed by atoms with Crippen molar-refractivity contribution in [3.63, 3.8) is 0 Å². The van der Waals surface area contributed by atoms with Crippen LogP contribution in [0.5, 0.6) is 0 Å². The fourth-order valence-corrected chi connectivity index (χ4v) is 12.1. The first-order valence-corrected chi connectivity index (χ1v) is 18.6. The molecule has 2 aliphatic heterocycles. The number of hydrogen-bond donors (Lipinski definition) is 2. The SMILES string of the molecule is C[C@@H]1CC[C@@]2(OC1)O[C@@H]1C[C@@H]3[C@@H]4C[C@H](O)[C@@]5(O)C[C@H](OC(=O)c6ccccc6)[C@H](OC(=O)c6ccccc6)C[C@]5(C)[C@H]4CC[C@]3(C)[C@@H]1[C@@H]2C. The van der Waals surface area contributed by atoms with Crippen molar-refractivity contribution in [2.24, 2.45) is 46.3 Å². The summed E-state index contributed by atoms with van der Waals surface area (Å²) in [5.41, 5.74) is -1.47. The van der Waals surface area contributed by atoms with Crippen molar-refractivity contribution >= 4 is 11.9 Å². The van der Waals surface area contributed by atoms with Crippen LogP contribution >= 0.6 is 0 Å². The van der Waals surface area contributed by atoms with Gasteiger partial charge in [0.25, 0.3) is 0 Å². The number of carbonyl (C=O) groups excluding carboxylic acids is 2. The summed E-state index contributed by atoms with van der Waals surface area (Å²) >= 11 is 0. The van der Waals surface area contributed by atoms with Gasteiger partial charge in [-0.3, -0.25) is 0 Å².